The molecule has 1 aromatic carbocycles. The summed E-state index contributed by atoms with van der Waals surface area (Å²) in [6.45, 7) is 6.39. The SMILES string of the molecule is CC1CCN(c2ccc(F)cc2C#N)CC1C. The second-order valence-electron chi connectivity index (χ2n) is 4.96. The minimum Gasteiger partial charge on any atom is -0.370 e. The molecule has 0 amide bonds. The quantitative estimate of drug-likeness (QED) is 0.743. The lowest BCUT2D eigenvalue weighted by Gasteiger charge is -2.37. The van der Waals surface area contributed by atoms with E-state index in [0.717, 1.165) is 31.1 Å². The van der Waals surface area contributed by atoms with Gasteiger partial charge < -0.3 is 4.90 Å². The van der Waals surface area contributed by atoms with E-state index in [9.17, 15) is 4.39 Å². The van der Waals surface area contributed by atoms with Crippen LogP contribution in [-0.2, 0) is 0 Å². The number of benzene rings is 1. The monoisotopic (exact) mass is 232 g/mol. The molecule has 0 radical (unpaired) electrons. The lowest BCUT2D eigenvalue weighted by Crippen LogP contribution is -2.38. The van der Waals surface area contributed by atoms with Gasteiger partial charge in [0.05, 0.1) is 11.3 Å². The molecule has 0 N–H and O–H groups in total. The van der Waals surface area contributed by atoms with Crippen LogP contribution in [0.25, 0.3) is 0 Å². The molecule has 0 aromatic heterocycles. The first-order chi connectivity index (χ1) is 8.11. The minimum atomic E-state index is -0.344. The fourth-order valence-corrected chi connectivity index (χ4v) is 2.36. The second kappa shape index (κ2) is 4.75. The third kappa shape index (κ3) is 2.41. The number of piperidine rings is 1. The number of halogens is 1. The summed E-state index contributed by atoms with van der Waals surface area (Å²) in [7, 11) is 0. The van der Waals surface area contributed by atoms with Gasteiger partial charge in [-0.1, -0.05) is 13.8 Å². The molecule has 0 bridgehead atoms. The van der Waals surface area contributed by atoms with Gasteiger partial charge in [0.2, 0.25) is 0 Å². The van der Waals surface area contributed by atoms with Crippen molar-refractivity contribution < 1.29 is 4.39 Å². The van der Waals surface area contributed by atoms with Crippen LogP contribution in [0.2, 0.25) is 0 Å². The summed E-state index contributed by atoms with van der Waals surface area (Å²) < 4.78 is 13.1. The molecule has 2 rings (SSSR count). The average molecular weight is 232 g/mol. The van der Waals surface area contributed by atoms with Crippen LogP contribution in [0.1, 0.15) is 25.8 Å². The Bertz CT molecular complexity index is 450. The summed E-state index contributed by atoms with van der Waals surface area (Å²) in [6, 6.07) is 6.54. The van der Waals surface area contributed by atoms with Crippen LogP contribution in [0.15, 0.2) is 18.2 Å². The van der Waals surface area contributed by atoms with Gasteiger partial charge in [-0.25, -0.2) is 4.39 Å². The zero-order valence-corrected chi connectivity index (χ0v) is 10.3. The number of anilines is 1. The van der Waals surface area contributed by atoms with Crippen LogP contribution in [0.4, 0.5) is 10.1 Å². The van der Waals surface area contributed by atoms with Crippen LogP contribution in [0, 0.1) is 29.0 Å². The molecular formula is C14H17FN2. The summed E-state index contributed by atoms with van der Waals surface area (Å²) >= 11 is 0. The maximum Gasteiger partial charge on any atom is 0.124 e. The highest BCUT2D eigenvalue weighted by Gasteiger charge is 2.24. The molecule has 0 saturated carbocycles. The Morgan fingerprint density at radius 3 is 2.76 bits per heavy atom. The van der Waals surface area contributed by atoms with Gasteiger partial charge in [-0.2, -0.15) is 5.26 Å². The third-order valence-corrected chi connectivity index (χ3v) is 3.75. The van der Waals surface area contributed by atoms with E-state index >= 15 is 0 Å². The number of hydrogen-bond acceptors (Lipinski definition) is 2. The summed E-state index contributed by atoms with van der Waals surface area (Å²) in [6.07, 6.45) is 1.13. The maximum absolute atomic E-state index is 13.1. The summed E-state index contributed by atoms with van der Waals surface area (Å²) in [5, 5.41) is 9.05. The van der Waals surface area contributed by atoms with Crippen molar-refractivity contribution in [2.75, 3.05) is 18.0 Å². The Labute approximate surface area is 102 Å². The molecule has 0 spiro atoms. The molecular weight excluding hydrogens is 215 g/mol. The molecule has 2 atom stereocenters. The lowest BCUT2D eigenvalue weighted by molar-refractivity contribution is 0.324. The normalized spacial score (nSPS) is 24.5. The van der Waals surface area contributed by atoms with Crippen molar-refractivity contribution in [2.24, 2.45) is 11.8 Å². The van der Waals surface area contributed by atoms with Crippen LogP contribution < -0.4 is 4.90 Å². The standard InChI is InChI=1S/C14H17FN2/c1-10-5-6-17(9-11(10)2)14-4-3-13(15)7-12(14)8-16/h3-4,7,10-11H,5-6,9H2,1-2H3. The number of rotatable bonds is 1. The molecule has 1 aliphatic heterocycles. The fourth-order valence-electron chi connectivity index (χ4n) is 2.36. The molecule has 0 aliphatic carbocycles. The van der Waals surface area contributed by atoms with Crippen molar-refractivity contribution in [3.63, 3.8) is 0 Å². The van der Waals surface area contributed by atoms with Crippen molar-refractivity contribution in [3.05, 3.63) is 29.6 Å². The molecule has 1 saturated heterocycles. The van der Waals surface area contributed by atoms with Gasteiger partial charge in [-0.15, -0.1) is 0 Å². The van der Waals surface area contributed by atoms with Crippen molar-refractivity contribution in [2.45, 2.75) is 20.3 Å². The number of nitrogens with zero attached hydrogens (tertiary/aromatic N) is 2. The van der Waals surface area contributed by atoms with Gasteiger partial charge in [0.25, 0.3) is 0 Å². The second-order valence-corrected chi connectivity index (χ2v) is 4.96. The molecule has 17 heavy (non-hydrogen) atoms. The van der Waals surface area contributed by atoms with Gasteiger partial charge in [0.1, 0.15) is 11.9 Å². The Balaban J connectivity index is 2.26. The zero-order valence-electron chi connectivity index (χ0n) is 10.3. The largest absolute Gasteiger partial charge is 0.370 e. The van der Waals surface area contributed by atoms with Crippen LogP contribution in [0.3, 0.4) is 0 Å². The van der Waals surface area contributed by atoms with Crippen molar-refractivity contribution in [1.82, 2.24) is 0 Å². The summed E-state index contributed by atoms with van der Waals surface area (Å²) in [4.78, 5) is 2.20. The van der Waals surface area contributed by atoms with Crippen molar-refractivity contribution in [3.8, 4) is 6.07 Å². The van der Waals surface area contributed by atoms with Gasteiger partial charge in [0, 0.05) is 13.1 Å². The van der Waals surface area contributed by atoms with Crippen molar-refractivity contribution >= 4 is 5.69 Å². The Hall–Kier alpha value is -1.56. The Morgan fingerprint density at radius 2 is 2.12 bits per heavy atom. The van der Waals surface area contributed by atoms with Crippen LogP contribution >= 0.6 is 0 Å². The van der Waals surface area contributed by atoms with E-state index in [0.29, 0.717) is 11.5 Å². The van der Waals surface area contributed by atoms with E-state index in [1.54, 1.807) is 6.07 Å². The molecule has 2 nitrogen and oxygen atoms in total. The lowest BCUT2D eigenvalue weighted by atomic mass is 9.88. The molecule has 3 heteroatoms. The smallest absolute Gasteiger partial charge is 0.124 e. The zero-order chi connectivity index (χ0) is 12.4. The van der Waals surface area contributed by atoms with E-state index in [2.05, 4.69) is 24.8 Å². The highest BCUT2D eigenvalue weighted by Crippen LogP contribution is 2.29. The predicted octanol–water partition coefficient (Wildman–Crippen LogP) is 3.18. The highest BCUT2D eigenvalue weighted by atomic mass is 19.1. The molecule has 2 unspecified atom stereocenters. The molecule has 1 aromatic rings. The van der Waals surface area contributed by atoms with E-state index < -0.39 is 0 Å². The average Bonchev–Trinajstić information content (AvgIpc) is 2.32. The Morgan fingerprint density at radius 1 is 1.35 bits per heavy atom. The predicted molar refractivity (Wildman–Crippen MR) is 66.3 cm³/mol. The van der Waals surface area contributed by atoms with E-state index in [1.807, 2.05) is 0 Å². The van der Waals surface area contributed by atoms with Crippen LogP contribution in [0.5, 0.6) is 0 Å². The fraction of sp³-hybridized carbons (Fsp3) is 0.500. The van der Waals surface area contributed by atoms with E-state index in [4.69, 9.17) is 5.26 Å². The van der Waals surface area contributed by atoms with Gasteiger partial charge in [-0.3, -0.25) is 0 Å². The first-order valence-electron chi connectivity index (χ1n) is 6.06. The summed E-state index contributed by atoms with van der Waals surface area (Å²) in [5.74, 6) is 0.987. The highest BCUT2D eigenvalue weighted by molar-refractivity contribution is 5.59. The first-order valence-corrected chi connectivity index (χ1v) is 6.06. The molecule has 1 heterocycles. The topological polar surface area (TPSA) is 27.0 Å². The minimum absolute atomic E-state index is 0.344. The molecule has 1 aliphatic rings. The van der Waals surface area contributed by atoms with E-state index in [-0.39, 0.29) is 5.82 Å². The first kappa shape index (κ1) is 11.9. The number of hydrogen-bond donors (Lipinski definition) is 0. The van der Waals surface area contributed by atoms with Gasteiger partial charge in [-0.05, 0) is 36.5 Å². The van der Waals surface area contributed by atoms with Gasteiger partial charge >= 0.3 is 0 Å². The molecule has 1 fully saturated rings. The summed E-state index contributed by atoms with van der Waals surface area (Å²) in [5.41, 5.74) is 1.31. The molecule has 90 valence electrons. The Kier molecular flexibility index (Phi) is 3.33. The maximum atomic E-state index is 13.1. The third-order valence-electron chi connectivity index (χ3n) is 3.75. The van der Waals surface area contributed by atoms with Gasteiger partial charge in [0.15, 0.2) is 0 Å². The van der Waals surface area contributed by atoms with Crippen LogP contribution in [-0.4, -0.2) is 13.1 Å². The van der Waals surface area contributed by atoms with Crippen molar-refractivity contribution in [1.29, 1.82) is 5.26 Å². The number of nitriles is 1. The van der Waals surface area contributed by atoms with E-state index in [1.165, 1.54) is 12.1 Å².